The Kier molecular flexibility index (Phi) is 4.78. The molecule has 1 atom stereocenters. The molecule has 3 N–H and O–H groups in total. The van der Waals surface area contributed by atoms with Gasteiger partial charge in [0.25, 0.3) is 0 Å². The topological polar surface area (TPSA) is 61.4 Å². The van der Waals surface area contributed by atoms with Crippen molar-refractivity contribution < 1.29 is 9.90 Å². The number of hydrogen-bond donors (Lipinski definition) is 3. The molecular weight excluding hydrogens is 168 g/mol. The van der Waals surface area contributed by atoms with Crippen LogP contribution < -0.4 is 10.6 Å². The minimum Gasteiger partial charge on any atom is -0.396 e. The molecule has 0 aromatic heterocycles. The minimum absolute atomic E-state index is 0.00700. The first-order chi connectivity index (χ1) is 6.34. The van der Waals surface area contributed by atoms with E-state index >= 15 is 0 Å². The third-order valence-corrected chi connectivity index (χ3v) is 2.26. The highest BCUT2D eigenvalue weighted by atomic mass is 16.3. The summed E-state index contributed by atoms with van der Waals surface area (Å²) in [6.45, 7) is 1.66. The molecule has 0 unspecified atom stereocenters. The molecule has 0 saturated carbocycles. The number of carbonyl (C=O) groups excluding carboxylic acids is 1. The number of nitrogens with one attached hydrogen (secondary N) is 2. The molecule has 0 aromatic carbocycles. The summed E-state index contributed by atoms with van der Waals surface area (Å²) in [5.74, 6) is 0.0770. The van der Waals surface area contributed by atoms with Gasteiger partial charge in [-0.05, 0) is 25.8 Å². The van der Waals surface area contributed by atoms with E-state index < -0.39 is 0 Å². The summed E-state index contributed by atoms with van der Waals surface area (Å²) in [5.41, 5.74) is 0. The van der Waals surface area contributed by atoms with Gasteiger partial charge in [0.2, 0.25) is 5.91 Å². The molecule has 0 bridgehead atoms. The third-order valence-electron chi connectivity index (χ3n) is 2.26. The maximum atomic E-state index is 11.4. The van der Waals surface area contributed by atoms with Crippen LogP contribution in [0.2, 0.25) is 0 Å². The maximum Gasteiger partial charge on any atom is 0.237 e. The minimum atomic E-state index is -0.00700. The molecule has 1 saturated heterocycles. The monoisotopic (exact) mass is 186 g/mol. The lowest BCUT2D eigenvalue weighted by atomic mass is 10.0. The summed E-state index contributed by atoms with van der Waals surface area (Å²) in [6.07, 6.45) is 3.87. The van der Waals surface area contributed by atoms with Crippen molar-refractivity contribution in [3.63, 3.8) is 0 Å². The van der Waals surface area contributed by atoms with Crippen molar-refractivity contribution in [2.75, 3.05) is 19.7 Å². The van der Waals surface area contributed by atoms with Gasteiger partial charge in [-0.2, -0.15) is 0 Å². The van der Waals surface area contributed by atoms with E-state index in [1.54, 1.807) is 0 Å². The van der Waals surface area contributed by atoms with Crippen molar-refractivity contribution in [1.82, 2.24) is 10.6 Å². The smallest absolute Gasteiger partial charge is 0.237 e. The van der Waals surface area contributed by atoms with Crippen LogP contribution in [0.25, 0.3) is 0 Å². The summed E-state index contributed by atoms with van der Waals surface area (Å²) in [6, 6.07) is -0.00700. The summed E-state index contributed by atoms with van der Waals surface area (Å²) < 4.78 is 0. The maximum absolute atomic E-state index is 11.4. The molecule has 1 fully saturated rings. The van der Waals surface area contributed by atoms with Gasteiger partial charge in [-0.1, -0.05) is 6.42 Å². The number of aliphatic hydroxyl groups is 1. The fourth-order valence-electron chi connectivity index (χ4n) is 1.49. The molecule has 1 rings (SSSR count). The zero-order valence-corrected chi connectivity index (χ0v) is 7.88. The highest BCUT2D eigenvalue weighted by Crippen LogP contribution is 2.06. The molecule has 0 aromatic rings. The normalized spacial score (nSPS) is 22.7. The third kappa shape index (κ3) is 3.74. The molecule has 76 valence electrons. The first-order valence-electron chi connectivity index (χ1n) is 4.96. The Morgan fingerprint density at radius 1 is 1.54 bits per heavy atom. The molecule has 1 amide bonds. The summed E-state index contributed by atoms with van der Waals surface area (Å²) in [5, 5.41) is 14.5. The van der Waals surface area contributed by atoms with Crippen molar-refractivity contribution in [2.24, 2.45) is 0 Å². The van der Waals surface area contributed by atoms with Crippen LogP contribution in [0, 0.1) is 0 Å². The fraction of sp³-hybridized carbons (Fsp3) is 0.889. The average molecular weight is 186 g/mol. The lowest BCUT2D eigenvalue weighted by molar-refractivity contribution is -0.123. The molecule has 1 aliphatic rings. The van der Waals surface area contributed by atoms with Gasteiger partial charge in [-0.3, -0.25) is 4.79 Å². The highest BCUT2D eigenvalue weighted by molar-refractivity contribution is 5.81. The Morgan fingerprint density at radius 3 is 3.00 bits per heavy atom. The molecule has 0 radical (unpaired) electrons. The molecule has 13 heavy (non-hydrogen) atoms. The Hall–Kier alpha value is -0.610. The quantitative estimate of drug-likeness (QED) is 0.525. The summed E-state index contributed by atoms with van der Waals surface area (Å²) >= 11 is 0. The fourth-order valence-corrected chi connectivity index (χ4v) is 1.49. The van der Waals surface area contributed by atoms with Crippen molar-refractivity contribution in [1.29, 1.82) is 0 Å². The predicted molar refractivity (Wildman–Crippen MR) is 50.4 cm³/mol. The second-order valence-electron chi connectivity index (χ2n) is 3.37. The SMILES string of the molecule is O=C(NCCCO)[C@H]1CCCCN1. The van der Waals surface area contributed by atoms with E-state index in [1.807, 2.05) is 0 Å². The van der Waals surface area contributed by atoms with Gasteiger partial charge >= 0.3 is 0 Å². The summed E-state index contributed by atoms with van der Waals surface area (Å²) in [4.78, 5) is 11.4. The molecule has 4 nitrogen and oxygen atoms in total. The molecule has 0 spiro atoms. The van der Waals surface area contributed by atoms with Crippen molar-refractivity contribution >= 4 is 5.91 Å². The Morgan fingerprint density at radius 2 is 2.38 bits per heavy atom. The standard InChI is InChI=1S/C9H18N2O2/c12-7-3-6-11-9(13)8-4-1-2-5-10-8/h8,10,12H,1-7H2,(H,11,13)/t8-/m1/s1. The average Bonchev–Trinajstić information content (AvgIpc) is 2.19. The van der Waals surface area contributed by atoms with Crippen molar-refractivity contribution in [3.05, 3.63) is 0 Å². The van der Waals surface area contributed by atoms with E-state index in [-0.39, 0.29) is 18.6 Å². The molecule has 4 heteroatoms. The van der Waals surface area contributed by atoms with E-state index in [9.17, 15) is 4.79 Å². The van der Waals surface area contributed by atoms with E-state index in [1.165, 1.54) is 6.42 Å². The molecule has 0 aliphatic carbocycles. The van der Waals surface area contributed by atoms with Crippen LogP contribution in [-0.2, 0) is 4.79 Å². The summed E-state index contributed by atoms with van der Waals surface area (Å²) in [7, 11) is 0. The lowest BCUT2D eigenvalue weighted by Gasteiger charge is -2.22. The zero-order valence-electron chi connectivity index (χ0n) is 7.88. The zero-order chi connectivity index (χ0) is 9.52. The van der Waals surface area contributed by atoms with E-state index in [0.29, 0.717) is 13.0 Å². The van der Waals surface area contributed by atoms with Gasteiger partial charge in [0.1, 0.15) is 0 Å². The second kappa shape index (κ2) is 5.94. The first kappa shape index (κ1) is 10.5. The van der Waals surface area contributed by atoms with Crippen LogP contribution in [0.1, 0.15) is 25.7 Å². The number of piperidine rings is 1. The Balaban J connectivity index is 2.13. The van der Waals surface area contributed by atoms with Crippen LogP contribution in [0.5, 0.6) is 0 Å². The number of hydrogen-bond acceptors (Lipinski definition) is 3. The van der Waals surface area contributed by atoms with Crippen LogP contribution >= 0.6 is 0 Å². The van der Waals surface area contributed by atoms with Crippen LogP contribution in [0.15, 0.2) is 0 Å². The van der Waals surface area contributed by atoms with Gasteiger partial charge in [-0.15, -0.1) is 0 Å². The number of aliphatic hydroxyl groups excluding tert-OH is 1. The van der Waals surface area contributed by atoms with Gasteiger partial charge in [0.15, 0.2) is 0 Å². The highest BCUT2D eigenvalue weighted by Gasteiger charge is 2.19. The van der Waals surface area contributed by atoms with Crippen LogP contribution in [0.4, 0.5) is 0 Å². The molecule has 1 aliphatic heterocycles. The van der Waals surface area contributed by atoms with Crippen LogP contribution in [-0.4, -0.2) is 36.8 Å². The van der Waals surface area contributed by atoms with Gasteiger partial charge in [-0.25, -0.2) is 0 Å². The Bertz CT molecular complexity index is 156. The van der Waals surface area contributed by atoms with Gasteiger partial charge in [0.05, 0.1) is 6.04 Å². The second-order valence-corrected chi connectivity index (χ2v) is 3.37. The van der Waals surface area contributed by atoms with E-state index in [0.717, 1.165) is 19.4 Å². The Labute approximate surface area is 78.7 Å². The number of rotatable bonds is 4. The molecule has 1 heterocycles. The number of amides is 1. The van der Waals surface area contributed by atoms with Gasteiger partial charge < -0.3 is 15.7 Å². The number of carbonyl (C=O) groups is 1. The van der Waals surface area contributed by atoms with Crippen LogP contribution in [0.3, 0.4) is 0 Å². The van der Waals surface area contributed by atoms with Crippen molar-refractivity contribution in [2.45, 2.75) is 31.7 Å². The van der Waals surface area contributed by atoms with E-state index in [2.05, 4.69) is 10.6 Å². The molecular formula is C9H18N2O2. The lowest BCUT2D eigenvalue weighted by Crippen LogP contribution is -2.46. The first-order valence-corrected chi connectivity index (χ1v) is 4.96. The predicted octanol–water partition coefficient (Wildman–Crippen LogP) is -0.373. The van der Waals surface area contributed by atoms with Crippen molar-refractivity contribution in [3.8, 4) is 0 Å². The largest absolute Gasteiger partial charge is 0.396 e. The van der Waals surface area contributed by atoms with E-state index in [4.69, 9.17) is 5.11 Å². The van der Waals surface area contributed by atoms with Gasteiger partial charge in [0, 0.05) is 13.2 Å².